The number of rotatable bonds is 7. The Kier molecular flexibility index (Phi) is 4.73. The first-order valence-corrected chi connectivity index (χ1v) is 7.22. The van der Waals surface area contributed by atoms with Gasteiger partial charge in [-0.05, 0) is 44.9 Å². The lowest BCUT2D eigenvalue weighted by atomic mass is 9.90. The molecule has 0 aromatic heterocycles. The molecular formula is C16H23NO4. The van der Waals surface area contributed by atoms with Crippen molar-refractivity contribution in [2.45, 2.75) is 38.3 Å². The first kappa shape index (κ1) is 15.6. The van der Waals surface area contributed by atoms with Gasteiger partial charge in [-0.2, -0.15) is 0 Å². The Hall–Kier alpha value is -1.75. The standard InChI is InChI=1S/C16H23NO4/c1-5-21-15(18)16(2,17-11-6-7-11)13-10-12(19-3)8-9-14(13)20-4/h8-11,17H,5-7H2,1-4H3. The number of nitrogens with one attached hydrogen (secondary N) is 1. The maximum atomic E-state index is 12.5. The number of carbonyl (C=O) groups excluding carboxylic acids is 1. The molecule has 1 atom stereocenters. The summed E-state index contributed by atoms with van der Waals surface area (Å²) in [6.45, 7) is 3.98. The lowest BCUT2D eigenvalue weighted by Crippen LogP contribution is -2.49. The van der Waals surface area contributed by atoms with Crippen LogP contribution < -0.4 is 14.8 Å². The second-order valence-corrected chi connectivity index (χ2v) is 5.33. The Bertz CT molecular complexity index is 513. The van der Waals surface area contributed by atoms with Crippen molar-refractivity contribution in [2.75, 3.05) is 20.8 Å². The van der Waals surface area contributed by atoms with Crippen LogP contribution in [0.4, 0.5) is 0 Å². The molecule has 0 heterocycles. The summed E-state index contributed by atoms with van der Waals surface area (Å²) in [6, 6.07) is 5.78. The zero-order valence-electron chi connectivity index (χ0n) is 13.1. The van der Waals surface area contributed by atoms with Gasteiger partial charge < -0.3 is 14.2 Å². The zero-order chi connectivity index (χ0) is 15.5. The lowest BCUT2D eigenvalue weighted by molar-refractivity contribution is -0.151. The molecule has 2 rings (SSSR count). The first-order valence-electron chi connectivity index (χ1n) is 7.22. The lowest BCUT2D eigenvalue weighted by Gasteiger charge is -2.30. The average Bonchev–Trinajstić information content (AvgIpc) is 3.30. The van der Waals surface area contributed by atoms with E-state index in [1.807, 2.05) is 19.1 Å². The van der Waals surface area contributed by atoms with Crippen LogP contribution in [0.1, 0.15) is 32.3 Å². The number of hydrogen-bond acceptors (Lipinski definition) is 5. The van der Waals surface area contributed by atoms with Gasteiger partial charge >= 0.3 is 5.97 Å². The van der Waals surface area contributed by atoms with Crippen LogP contribution in [0.3, 0.4) is 0 Å². The van der Waals surface area contributed by atoms with E-state index in [-0.39, 0.29) is 5.97 Å². The molecule has 0 radical (unpaired) electrons. The highest BCUT2D eigenvalue weighted by Crippen LogP contribution is 2.36. The van der Waals surface area contributed by atoms with Crippen molar-refractivity contribution in [1.29, 1.82) is 0 Å². The minimum absolute atomic E-state index is 0.302. The van der Waals surface area contributed by atoms with E-state index in [0.717, 1.165) is 18.4 Å². The van der Waals surface area contributed by atoms with Crippen molar-refractivity contribution in [3.63, 3.8) is 0 Å². The van der Waals surface area contributed by atoms with Crippen LogP contribution in [-0.4, -0.2) is 32.8 Å². The van der Waals surface area contributed by atoms with Gasteiger partial charge in [0.2, 0.25) is 0 Å². The molecule has 1 saturated carbocycles. The maximum absolute atomic E-state index is 12.5. The Balaban J connectivity index is 2.45. The molecule has 1 N–H and O–H groups in total. The van der Waals surface area contributed by atoms with Crippen LogP contribution in [-0.2, 0) is 15.1 Å². The predicted molar refractivity (Wildman–Crippen MR) is 79.7 cm³/mol. The van der Waals surface area contributed by atoms with Crippen molar-refractivity contribution < 1.29 is 19.0 Å². The SMILES string of the molecule is CCOC(=O)C(C)(NC1CC1)c1cc(OC)ccc1OC. The predicted octanol–water partition coefficient (Wildman–Crippen LogP) is 2.23. The highest BCUT2D eigenvalue weighted by atomic mass is 16.5. The summed E-state index contributed by atoms with van der Waals surface area (Å²) in [5.74, 6) is 1.02. The molecule has 1 unspecified atom stereocenters. The molecule has 1 fully saturated rings. The largest absolute Gasteiger partial charge is 0.497 e. The van der Waals surface area contributed by atoms with E-state index in [9.17, 15) is 4.79 Å². The molecule has 5 nitrogen and oxygen atoms in total. The fourth-order valence-electron chi connectivity index (χ4n) is 2.36. The maximum Gasteiger partial charge on any atom is 0.330 e. The summed E-state index contributed by atoms with van der Waals surface area (Å²) in [5, 5.41) is 3.38. The molecule has 0 aliphatic heterocycles. The molecule has 116 valence electrons. The number of benzene rings is 1. The van der Waals surface area contributed by atoms with Crippen LogP contribution in [0.25, 0.3) is 0 Å². The third-order valence-corrected chi connectivity index (χ3v) is 3.70. The van der Waals surface area contributed by atoms with Crippen molar-refractivity contribution in [3.8, 4) is 11.5 Å². The molecule has 1 aromatic rings. The monoisotopic (exact) mass is 293 g/mol. The minimum Gasteiger partial charge on any atom is -0.497 e. The van der Waals surface area contributed by atoms with Crippen LogP contribution in [0.2, 0.25) is 0 Å². The number of esters is 1. The van der Waals surface area contributed by atoms with Crippen molar-refractivity contribution in [2.24, 2.45) is 0 Å². The summed E-state index contributed by atoms with van der Waals surface area (Å²) in [7, 11) is 3.19. The van der Waals surface area contributed by atoms with E-state index in [2.05, 4.69) is 5.32 Å². The molecule has 21 heavy (non-hydrogen) atoms. The molecule has 0 saturated heterocycles. The van der Waals surface area contributed by atoms with Gasteiger partial charge in [0.25, 0.3) is 0 Å². The Labute approximate surface area is 125 Å². The molecular weight excluding hydrogens is 270 g/mol. The summed E-state index contributed by atoms with van der Waals surface area (Å²) in [4.78, 5) is 12.5. The van der Waals surface area contributed by atoms with Crippen molar-refractivity contribution in [3.05, 3.63) is 23.8 Å². The molecule has 1 aliphatic rings. The first-order chi connectivity index (χ1) is 10.0. The van der Waals surface area contributed by atoms with E-state index in [4.69, 9.17) is 14.2 Å². The fourth-order valence-corrected chi connectivity index (χ4v) is 2.36. The van der Waals surface area contributed by atoms with E-state index in [0.29, 0.717) is 24.1 Å². The zero-order valence-corrected chi connectivity index (χ0v) is 13.1. The highest BCUT2D eigenvalue weighted by Gasteiger charge is 2.43. The fraction of sp³-hybridized carbons (Fsp3) is 0.562. The van der Waals surface area contributed by atoms with Gasteiger partial charge in [0.05, 0.1) is 20.8 Å². The van der Waals surface area contributed by atoms with E-state index >= 15 is 0 Å². The molecule has 5 heteroatoms. The highest BCUT2D eigenvalue weighted by molar-refractivity contribution is 5.83. The molecule has 1 aliphatic carbocycles. The summed E-state index contributed by atoms with van der Waals surface area (Å²) in [5.41, 5.74) is -0.216. The van der Waals surface area contributed by atoms with E-state index in [1.54, 1.807) is 27.2 Å². The normalized spacial score (nSPS) is 17.0. The smallest absolute Gasteiger partial charge is 0.330 e. The van der Waals surface area contributed by atoms with Crippen molar-refractivity contribution >= 4 is 5.97 Å². The van der Waals surface area contributed by atoms with Gasteiger partial charge in [0.1, 0.15) is 17.0 Å². The third-order valence-electron chi connectivity index (χ3n) is 3.70. The minimum atomic E-state index is -0.947. The summed E-state index contributed by atoms with van der Waals surface area (Å²) in [6.07, 6.45) is 2.14. The molecule has 1 aromatic carbocycles. The van der Waals surface area contributed by atoms with E-state index in [1.165, 1.54) is 0 Å². The third kappa shape index (κ3) is 3.29. The number of hydrogen-bond donors (Lipinski definition) is 1. The van der Waals surface area contributed by atoms with Crippen LogP contribution in [0, 0.1) is 0 Å². The Morgan fingerprint density at radius 3 is 2.57 bits per heavy atom. The average molecular weight is 293 g/mol. The summed E-state index contributed by atoms with van der Waals surface area (Å²) >= 11 is 0. The second-order valence-electron chi connectivity index (χ2n) is 5.33. The molecule has 0 bridgehead atoms. The van der Waals surface area contributed by atoms with Gasteiger partial charge in [-0.15, -0.1) is 0 Å². The van der Waals surface area contributed by atoms with Gasteiger partial charge in [0.15, 0.2) is 0 Å². The van der Waals surface area contributed by atoms with Gasteiger partial charge in [-0.3, -0.25) is 5.32 Å². The van der Waals surface area contributed by atoms with Gasteiger partial charge in [0, 0.05) is 11.6 Å². The molecule has 0 spiro atoms. The number of ether oxygens (including phenoxy) is 3. The topological polar surface area (TPSA) is 56.8 Å². The number of carbonyl (C=O) groups is 1. The molecule has 0 amide bonds. The van der Waals surface area contributed by atoms with Crippen LogP contribution in [0.5, 0.6) is 11.5 Å². The van der Waals surface area contributed by atoms with Crippen LogP contribution in [0.15, 0.2) is 18.2 Å². The number of methoxy groups -OCH3 is 2. The Morgan fingerprint density at radius 1 is 1.33 bits per heavy atom. The van der Waals surface area contributed by atoms with Gasteiger partial charge in [-0.25, -0.2) is 4.79 Å². The Morgan fingerprint density at radius 2 is 2.05 bits per heavy atom. The van der Waals surface area contributed by atoms with Gasteiger partial charge in [-0.1, -0.05) is 0 Å². The quantitative estimate of drug-likeness (QED) is 0.781. The van der Waals surface area contributed by atoms with Crippen molar-refractivity contribution in [1.82, 2.24) is 5.32 Å². The second kappa shape index (κ2) is 6.35. The van der Waals surface area contributed by atoms with Crippen LogP contribution >= 0.6 is 0 Å². The summed E-state index contributed by atoms with van der Waals surface area (Å²) < 4.78 is 16.0. The van der Waals surface area contributed by atoms with E-state index < -0.39 is 5.54 Å².